The molecular weight excluding hydrogens is 438 g/mol. The largest absolute Gasteiger partial charge is 0.487 e. The Labute approximate surface area is 208 Å². The molecule has 1 saturated heterocycles. The highest BCUT2D eigenvalue weighted by atomic mass is 16.5. The molecule has 4 rings (SSSR count). The van der Waals surface area contributed by atoms with E-state index in [1.807, 2.05) is 25.3 Å². The van der Waals surface area contributed by atoms with Crippen molar-refractivity contribution in [1.29, 1.82) is 0 Å². The number of carbonyl (C=O) groups is 1. The molecule has 0 aliphatic carbocycles. The molecule has 6 nitrogen and oxygen atoms in total. The smallest absolute Gasteiger partial charge is 0.307 e. The number of aromatic nitrogens is 2. The molecule has 0 bridgehead atoms. The molecular formula is C29H35N3O3. The van der Waals surface area contributed by atoms with Crippen LogP contribution >= 0.6 is 0 Å². The molecule has 0 amide bonds. The van der Waals surface area contributed by atoms with Gasteiger partial charge in [0.1, 0.15) is 12.4 Å². The highest BCUT2D eigenvalue weighted by Gasteiger charge is 2.29. The Hall–Kier alpha value is -3.41. The lowest BCUT2D eigenvalue weighted by atomic mass is 9.82. The Kier molecular flexibility index (Phi) is 7.10. The van der Waals surface area contributed by atoms with Crippen LogP contribution in [0.2, 0.25) is 0 Å². The van der Waals surface area contributed by atoms with Crippen molar-refractivity contribution in [2.45, 2.75) is 60.5 Å². The Morgan fingerprint density at radius 3 is 2.29 bits per heavy atom. The standard InChI is InChI=1S/C29H35N3O3/c1-19-7-6-8-20(2)25(19)18-35-22-9-10-26(31-16-22)24-17-30-21(3)23(15-27(33)34)28(24)32-13-11-29(4,5)12-14-32/h6-10,16-17H,11-15,18H2,1-5H3,(H,33,34). The predicted octanol–water partition coefficient (Wildman–Crippen LogP) is 5.90. The van der Waals surface area contributed by atoms with E-state index in [4.69, 9.17) is 9.72 Å². The highest BCUT2D eigenvalue weighted by Crippen LogP contribution is 2.39. The van der Waals surface area contributed by atoms with Crippen LogP contribution in [0.15, 0.2) is 42.7 Å². The summed E-state index contributed by atoms with van der Waals surface area (Å²) in [6.45, 7) is 12.9. The first kappa shape index (κ1) is 24.7. The van der Waals surface area contributed by atoms with Crippen LogP contribution in [-0.2, 0) is 17.8 Å². The van der Waals surface area contributed by atoms with Crippen molar-refractivity contribution in [2.75, 3.05) is 18.0 Å². The first-order chi connectivity index (χ1) is 16.6. The van der Waals surface area contributed by atoms with Gasteiger partial charge in [0.15, 0.2) is 0 Å². The maximum absolute atomic E-state index is 11.7. The summed E-state index contributed by atoms with van der Waals surface area (Å²) >= 11 is 0. The maximum Gasteiger partial charge on any atom is 0.307 e. The van der Waals surface area contributed by atoms with E-state index in [1.54, 1.807) is 6.20 Å². The molecule has 1 fully saturated rings. The van der Waals surface area contributed by atoms with E-state index in [2.05, 4.69) is 55.8 Å². The van der Waals surface area contributed by atoms with Crippen LogP contribution in [-0.4, -0.2) is 34.1 Å². The summed E-state index contributed by atoms with van der Waals surface area (Å²) in [6.07, 6.45) is 5.62. The Balaban J connectivity index is 1.64. The molecule has 1 aromatic carbocycles. The van der Waals surface area contributed by atoms with Gasteiger partial charge in [-0.3, -0.25) is 14.8 Å². The fourth-order valence-electron chi connectivity index (χ4n) is 4.74. The first-order valence-electron chi connectivity index (χ1n) is 12.2. The number of aryl methyl sites for hydroxylation is 3. The fourth-order valence-corrected chi connectivity index (χ4v) is 4.74. The molecule has 1 N–H and O–H groups in total. The van der Waals surface area contributed by atoms with E-state index in [9.17, 15) is 9.90 Å². The molecule has 3 aromatic rings. The van der Waals surface area contributed by atoms with E-state index in [0.717, 1.165) is 54.1 Å². The number of benzene rings is 1. The topological polar surface area (TPSA) is 75.6 Å². The van der Waals surface area contributed by atoms with Crippen molar-refractivity contribution in [1.82, 2.24) is 9.97 Å². The van der Waals surface area contributed by atoms with Crippen molar-refractivity contribution >= 4 is 11.7 Å². The summed E-state index contributed by atoms with van der Waals surface area (Å²) in [4.78, 5) is 23.3. The van der Waals surface area contributed by atoms with E-state index >= 15 is 0 Å². The van der Waals surface area contributed by atoms with Gasteiger partial charge >= 0.3 is 5.97 Å². The number of carboxylic acid groups (broad SMARTS) is 1. The molecule has 2 aromatic heterocycles. The van der Waals surface area contributed by atoms with Gasteiger partial charge in [0.2, 0.25) is 0 Å². The van der Waals surface area contributed by atoms with E-state index in [0.29, 0.717) is 17.8 Å². The van der Waals surface area contributed by atoms with Gasteiger partial charge in [-0.15, -0.1) is 0 Å². The summed E-state index contributed by atoms with van der Waals surface area (Å²) in [5, 5.41) is 9.61. The normalized spacial score (nSPS) is 15.2. The highest BCUT2D eigenvalue weighted by molar-refractivity contribution is 5.83. The number of nitrogens with zero attached hydrogens (tertiary/aromatic N) is 3. The van der Waals surface area contributed by atoms with E-state index in [1.165, 1.54) is 16.7 Å². The zero-order valence-corrected chi connectivity index (χ0v) is 21.4. The molecule has 6 heteroatoms. The molecule has 0 saturated carbocycles. The number of piperidine rings is 1. The second-order valence-corrected chi connectivity index (χ2v) is 10.3. The lowest BCUT2D eigenvalue weighted by molar-refractivity contribution is -0.136. The Morgan fingerprint density at radius 2 is 1.69 bits per heavy atom. The Morgan fingerprint density at radius 1 is 1.00 bits per heavy atom. The molecule has 3 heterocycles. The summed E-state index contributed by atoms with van der Waals surface area (Å²) in [7, 11) is 0. The molecule has 1 aliphatic heterocycles. The number of pyridine rings is 2. The van der Waals surface area contributed by atoms with Gasteiger partial charge in [0.05, 0.1) is 24.0 Å². The van der Waals surface area contributed by atoms with Gasteiger partial charge in [-0.1, -0.05) is 32.0 Å². The zero-order valence-electron chi connectivity index (χ0n) is 21.4. The molecule has 0 atom stereocenters. The van der Waals surface area contributed by atoms with Gasteiger partial charge < -0.3 is 14.7 Å². The third kappa shape index (κ3) is 5.64. The molecule has 0 spiro atoms. The summed E-state index contributed by atoms with van der Waals surface area (Å²) < 4.78 is 6.04. The number of anilines is 1. The monoisotopic (exact) mass is 473 g/mol. The summed E-state index contributed by atoms with van der Waals surface area (Å²) in [6, 6.07) is 10.1. The lowest BCUT2D eigenvalue weighted by Gasteiger charge is -2.40. The van der Waals surface area contributed by atoms with Crippen LogP contribution < -0.4 is 9.64 Å². The van der Waals surface area contributed by atoms with Crippen LogP contribution in [0.4, 0.5) is 5.69 Å². The molecule has 0 unspecified atom stereocenters. The van der Waals surface area contributed by atoms with Crippen LogP contribution in [0.5, 0.6) is 5.75 Å². The number of ether oxygens (including phenoxy) is 1. The Bertz CT molecular complexity index is 1190. The second kappa shape index (κ2) is 10.1. The molecule has 184 valence electrons. The number of hydrogen-bond acceptors (Lipinski definition) is 5. The summed E-state index contributed by atoms with van der Waals surface area (Å²) in [5.41, 5.74) is 8.01. The second-order valence-electron chi connectivity index (χ2n) is 10.3. The average molecular weight is 474 g/mol. The first-order valence-corrected chi connectivity index (χ1v) is 12.2. The third-order valence-corrected chi connectivity index (χ3v) is 7.17. The third-order valence-electron chi connectivity index (χ3n) is 7.17. The maximum atomic E-state index is 11.7. The lowest BCUT2D eigenvalue weighted by Crippen LogP contribution is -2.38. The predicted molar refractivity (Wildman–Crippen MR) is 139 cm³/mol. The van der Waals surface area contributed by atoms with Crippen LogP contribution in [0.25, 0.3) is 11.3 Å². The minimum Gasteiger partial charge on any atom is -0.487 e. The van der Waals surface area contributed by atoms with Crippen molar-refractivity contribution in [2.24, 2.45) is 5.41 Å². The van der Waals surface area contributed by atoms with Gasteiger partial charge in [-0.25, -0.2) is 0 Å². The average Bonchev–Trinajstić information content (AvgIpc) is 2.80. The fraction of sp³-hybridized carbons (Fsp3) is 0.414. The zero-order chi connectivity index (χ0) is 25.2. The van der Waals surface area contributed by atoms with E-state index in [-0.39, 0.29) is 6.42 Å². The minimum absolute atomic E-state index is 0.0567. The van der Waals surface area contributed by atoms with Gasteiger partial charge in [-0.05, 0) is 67.9 Å². The van der Waals surface area contributed by atoms with Crippen LogP contribution in [0.1, 0.15) is 54.6 Å². The van der Waals surface area contributed by atoms with Gasteiger partial charge in [0, 0.05) is 36.1 Å². The van der Waals surface area contributed by atoms with Crippen LogP contribution in [0, 0.1) is 26.2 Å². The van der Waals surface area contributed by atoms with Crippen molar-refractivity contribution in [3.05, 3.63) is 70.7 Å². The summed E-state index contributed by atoms with van der Waals surface area (Å²) in [5.74, 6) is -0.155. The van der Waals surface area contributed by atoms with E-state index < -0.39 is 5.97 Å². The SMILES string of the molecule is Cc1cccc(C)c1COc1ccc(-c2cnc(C)c(CC(=O)O)c2N2CCC(C)(C)CC2)nc1. The van der Waals surface area contributed by atoms with Gasteiger partial charge in [0.25, 0.3) is 0 Å². The van der Waals surface area contributed by atoms with Crippen molar-refractivity contribution in [3.63, 3.8) is 0 Å². The minimum atomic E-state index is -0.853. The molecule has 35 heavy (non-hydrogen) atoms. The van der Waals surface area contributed by atoms with Crippen molar-refractivity contribution in [3.8, 4) is 17.0 Å². The quantitative estimate of drug-likeness (QED) is 0.460. The number of rotatable bonds is 7. The van der Waals surface area contributed by atoms with Crippen molar-refractivity contribution < 1.29 is 14.6 Å². The number of carboxylic acids is 1. The molecule has 0 radical (unpaired) electrons. The molecule has 1 aliphatic rings. The number of aliphatic carboxylic acids is 1. The number of hydrogen-bond donors (Lipinski definition) is 1. The van der Waals surface area contributed by atoms with Gasteiger partial charge in [-0.2, -0.15) is 0 Å². The van der Waals surface area contributed by atoms with Crippen LogP contribution in [0.3, 0.4) is 0 Å².